The summed E-state index contributed by atoms with van der Waals surface area (Å²) >= 11 is 0. The fourth-order valence-electron chi connectivity index (χ4n) is 4.97. The van der Waals surface area contributed by atoms with Crippen molar-refractivity contribution in [1.29, 1.82) is 0 Å². The maximum absolute atomic E-state index is 13.2. The van der Waals surface area contributed by atoms with Crippen LogP contribution in [0.4, 0.5) is 10.6 Å². The number of rotatable bonds is 7. The first-order chi connectivity index (χ1) is 16.2. The highest BCUT2D eigenvalue weighted by Crippen LogP contribution is 2.31. The SMILES string of the molecule is COCCN1C[C@@H](NC(=O)Nc2c3c(nn2-c2ccccc2)CCC3)[C@H](c2ccncc2)C1. The van der Waals surface area contributed by atoms with E-state index in [1.807, 2.05) is 59.5 Å². The van der Waals surface area contributed by atoms with E-state index in [1.54, 1.807) is 7.11 Å². The highest BCUT2D eigenvalue weighted by atomic mass is 16.5. The van der Waals surface area contributed by atoms with Gasteiger partial charge < -0.3 is 10.1 Å². The Bertz CT molecular complexity index is 1090. The molecular formula is C25H30N6O2. The zero-order chi connectivity index (χ0) is 22.6. The van der Waals surface area contributed by atoms with E-state index in [1.165, 1.54) is 5.56 Å². The molecule has 1 aliphatic carbocycles. The van der Waals surface area contributed by atoms with Crippen LogP contribution in [0.1, 0.15) is 29.2 Å². The lowest BCUT2D eigenvalue weighted by atomic mass is 9.95. The number of ether oxygens (including phenoxy) is 1. The molecule has 0 saturated carbocycles. The van der Waals surface area contributed by atoms with Crippen LogP contribution in [0.15, 0.2) is 54.9 Å². The summed E-state index contributed by atoms with van der Waals surface area (Å²) in [6.45, 7) is 3.16. The molecule has 0 unspecified atom stereocenters. The summed E-state index contributed by atoms with van der Waals surface area (Å²) in [7, 11) is 1.72. The number of carbonyl (C=O) groups excluding carboxylic acids is 1. The molecule has 1 aromatic carbocycles. The van der Waals surface area contributed by atoms with Gasteiger partial charge in [-0.1, -0.05) is 18.2 Å². The molecule has 8 nitrogen and oxygen atoms in total. The monoisotopic (exact) mass is 446 g/mol. The average molecular weight is 447 g/mol. The van der Waals surface area contributed by atoms with Gasteiger partial charge in [0.05, 0.1) is 24.0 Å². The largest absolute Gasteiger partial charge is 0.383 e. The molecule has 1 fully saturated rings. The van der Waals surface area contributed by atoms with Crippen molar-refractivity contribution >= 4 is 11.8 Å². The van der Waals surface area contributed by atoms with E-state index in [0.29, 0.717) is 6.61 Å². The molecule has 2 aliphatic rings. The average Bonchev–Trinajstić information content (AvgIpc) is 3.55. The minimum atomic E-state index is -0.195. The fourth-order valence-corrected chi connectivity index (χ4v) is 4.97. The van der Waals surface area contributed by atoms with Gasteiger partial charge in [-0.3, -0.25) is 15.2 Å². The summed E-state index contributed by atoms with van der Waals surface area (Å²) in [6, 6.07) is 13.8. The predicted octanol–water partition coefficient (Wildman–Crippen LogP) is 2.99. The van der Waals surface area contributed by atoms with E-state index < -0.39 is 0 Å². The number of fused-ring (bicyclic) bond motifs is 1. The van der Waals surface area contributed by atoms with Crippen molar-refractivity contribution < 1.29 is 9.53 Å². The van der Waals surface area contributed by atoms with Crippen molar-refractivity contribution in [3.8, 4) is 5.69 Å². The third-order valence-corrected chi connectivity index (χ3v) is 6.60. The molecule has 0 bridgehead atoms. The Balaban J connectivity index is 1.35. The summed E-state index contributed by atoms with van der Waals surface area (Å²) < 4.78 is 7.13. The maximum Gasteiger partial charge on any atom is 0.320 e. The Morgan fingerprint density at radius 3 is 2.73 bits per heavy atom. The molecule has 0 radical (unpaired) electrons. The minimum absolute atomic E-state index is 0.00889. The number of hydrogen-bond donors (Lipinski definition) is 2. The van der Waals surface area contributed by atoms with Crippen LogP contribution >= 0.6 is 0 Å². The molecule has 1 saturated heterocycles. The Morgan fingerprint density at radius 2 is 1.94 bits per heavy atom. The Morgan fingerprint density at radius 1 is 1.12 bits per heavy atom. The quantitative estimate of drug-likeness (QED) is 0.583. The second-order valence-corrected chi connectivity index (χ2v) is 8.72. The number of aryl methyl sites for hydroxylation is 1. The lowest BCUT2D eigenvalue weighted by Gasteiger charge is -2.21. The topological polar surface area (TPSA) is 84.3 Å². The number of aromatic nitrogens is 3. The first kappa shape index (κ1) is 21.6. The number of hydrogen-bond acceptors (Lipinski definition) is 5. The second-order valence-electron chi connectivity index (χ2n) is 8.72. The van der Waals surface area contributed by atoms with Crippen molar-refractivity contribution in [3.63, 3.8) is 0 Å². The van der Waals surface area contributed by atoms with Gasteiger partial charge in [0.1, 0.15) is 5.82 Å². The Kier molecular flexibility index (Phi) is 6.37. The maximum atomic E-state index is 13.2. The highest BCUT2D eigenvalue weighted by molar-refractivity contribution is 5.90. The summed E-state index contributed by atoms with van der Waals surface area (Å²) in [4.78, 5) is 19.7. The van der Waals surface area contributed by atoms with Gasteiger partial charge in [0, 0.05) is 50.6 Å². The van der Waals surface area contributed by atoms with E-state index >= 15 is 0 Å². The molecular weight excluding hydrogens is 416 g/mol. The Hall–Kier alpha value is -3.23. The molecule has 1 aliphatic heterocycles. The number of benzene rings is 1. The van der Waals surface area contributed by atoms with E-state index in [0.717, 1.165) is 61.7 Å². The van der Waals surface area contributed by atoms with E-state index in [-0.39, 0.29) is 18.0 Å². The van der Waals surface area contributed by atoms with Crippen LogP contribution in [0.3, 0.4) is 0 Å². The fraction of sp³-hybridized carbons (Fsp3) is 0.400. The number of pyridine rings is 1. The summed E-state index contributed by atoms with van der Waals surface area (Å²) in [5.74, 6) is 0.973. The molecule has 0 spiro atoms. The van der Waals surface area contributed by atoms with E-state index in [4.69, 9.17) is 9.84 Å². The van der Waals surface area contributed by atoms with Crippen LogP contribution < -0.4 is 10.6 Å². The van der Waals surface area contributed by atoms with Crippen molar-refractivity contribution in [2.75, 3.05) is 38.7 Å². The lowest BCUT2D eigenvalue weighted by molar-refractivity contribution is 0.159. The van der Waals surface area contributed by atoms with Crippen LogP contribution in [-0.2, 0) is 17.6 Å². The smallest absolute Gasteiger partial charge is 0.320 e. The number of carbonyl (C=O) groups is 1. The van der Waals surface area contributed by atoms with Crippen LogP contribution in [-0.4, -0.2) is 65.1 Å². The lowest BCUT2D eigenvalue weighted by Crippen LogP contribution is -2.42. The zero-order valence-corrected chi connectivity index (χ0v) is 18.9. The molecule has 2 amide bonds. The molecule has 8 heteroatoms. The van der Waals surface area contributed by atoms with Crippen LogP contribution in [0.25, 0.3) is 5.69 Å². The molecule has 5 rings (SSSR count). The highest BCUT2D eigenvalue weighted by Gasteiger charge is 2.35. The Labute approximate surface area is 194 Å². The number of amides is 2. The van der Waals surface area contributed by atoms with Gasteiger partial charge in [-0.15, -0.1) is 0 Å². The van der Waals surface area contributed by atoms with Crippen LogP contribution in [0, 0.1) is 0 Å². The zero-order valence-electron chi connectivity index (χ0n) is 18.9. The number of nitrogens with one attached hydrogen (secondary N) is 2. The van der Waals surface area contributed by atoms with Gasteiger partial charge in [-0.25, -0.2) is 9.48 Å². The van der Waals surface area contributed by atoms with Crippen LogP contribution in [0.2, 0.25) is 0 Å². The van der Waals surface area contributed by atoms with Crippen molar-refractivity contribution in [1.82, 2.24) is 25.0 Å². The van der Waals surface area contributed by atoms with Gasteiger partial charge in [0.25, 0.3) is 0 Å². The van der Waals surface area contributed by atoms with E-state index in [2.05, 4.69) is 20.5 Å². The molecule has 2 aromatic heterocycles. The summed E-state index contributed by atoms with van der Waals surface area (Å²) in [5.41, 5.74) is 4.36. The number of likely N-dealkylation sites (tertiary alicyclic amines) is 1. The molecule has 3 heterocycles. The van der Waals surface area contributed by atoms with Crippen molar-refractivity contribution in [2.45, 2.75) is 31.2 Å². The number of anilines is 1. The molecule has 2 N–H and O–H groups in total. The first-order valence-electron chi connectivity index (χ1n) is 11.6. The van der Waals surface area contributed by atoms with Gasteiger partial charge >= 0.3 is 6.03 Å². The van der Waals surface area contributed by atoms with Gasteiger partial charge in [-0.2, -0.15) is 5.10 Å². The predicted molar refractivity (Wildman–Crippen MR) is 127 cm³/mol. The second kappa shape index (κ2) is 9.72. The molecule has 3 aromatic rings. The molecule has 172 valence electrons. The standard InChI is InChI=1S/C25H30N6O2/c1-33-15-14-30-16-21(18-10-12-26-13-11-18)23(17-30)27-25(32)28-24-20-8-5-9-22(20)29-31(24)19-6-3-2-4-7-19/h2-4,6-7,10-13,21,23H,5,8-9,14-17H2,1H3,(H2,27,28,32)/t21-,23+/m0/s1. The van der Waals surface area contributed by atoms with Gasteiger partial charge in [0.15, 0.2) is 0 Å². The molecule has 2 atom stereocenters. The number of urea groups is 1. The summed E-state index contributed by atoms with van der Waals surface area (Å²) in [6.07, 6.45) is 6.58. The normalized spacial score (nSPS) is 20.0. The number of nitrogens with zero attached hydrogens (tertiary/aromatic N) is 4. The third-order valence-electron chi connectivity index (χ3n) is 6.60. The number of para-hydroxylation sites is 1. The first-order valence-corrected chi connectivity index (χ1v) is 11.6. The molecule has 33 heavy (non-hydrogen) atoms. The number of methoxy groups -OCH3 is 1. The van der Waals surface area contributed by atoms with E-state index in [9.17, 15) is 4.79 Å². The van der Waals surface area contributed by atoms with Crippen molar-refractivity contribution in [2.24, 2.45) is 0 Å². The summed E-state index contributed by atoms with van der Waals surface area (Å²) in [5, 5.41) is 11.2. The van der Waals surface area contributed by atoms with Crippen LogP contribution in [0.5, 0.6) is 0 Å². The minimum Gasteiger partial charge on any atom is -0.383 e. The van der Waals surface area contributed by atoms with Gasteiger partial charge in [-0.05, 0) is 49.1 Å². The third kappa shape index (κ3) is 4.62. The van der Waals surface area contributed by atoms with Crippen molar-refractivity contribution in [3.05, 3.63) is 71.7 Å². The van der Waals surface area contributed by atoms with Gasteiger partial charge in [0.2, 0.25) is 0 Å².